The quantitative estimate of drug-likeness (QED) is 0.925. The predicted octanol–water partition coefficient (Wildman–Crippen LogP) is 2.10. The second-order valence-corrected chi connectivity index (χ2v) is 5.11. The lowest BCUT2D eigenvalue weighted by Crippen LogP contribution is -2.30. The Morgan fingerprint density at radius 2 is 2.35 bits per heavy atom. The summed E-state index contributed by atoms with van der Waals surface area (Å²) in [6, 6.07) is 4.18. The average Bonchev–Trinajstić information content (AvgIpc) is 3.17. The van der Waals surface area contributed by atoms with Crippen LogP contribution in [0.2, 0.25) is 0 Å². The van der Waals surface area contributed by atoms with Crippen molar-refractivity contribution >= 4 is 5.91 Å². The van der Waals surface area contributed by atoms with Gasteiger partial charge in [-0.2, -0.15) is 0 Å². The topological polar surface area (TPSA) is 61.9 Å². The Hall–Kier alpha value is -2.17. The van der Waals surface area contributed by atoms with E-state index in [1.165, 1.54) is 0 Å². The van der Waals surface area contributed by atoms with Crippen molar-refractivity contribution in [2.75, 3.05) is 6.54 Å². The minimum absolute atomic E-state index is 0.193. The maximum Gasteiger partial charge on any atom is 0.223 e. The number of rotatable bonds is 4. The van der Waals surface area contributed by atoms with Gasteiger partial charge in [-0.15, -0.1) is 0 Å². The predicted molar refractivity (Wildman–Crippen MR) is 74.8 cm³/mol. The van der Waals surface area contributed by atoms with Crippen LogP contribution < -0.4 is 0 Å². The van der Waals surface area contributed by atoms with Gasteiger partial charge in [0.25, 0.3) is 0 Å². The first-order valence-electron chi connectivity index (χ1n) is 7.01. The number of likely N-dealkylation sites (tertiary alicyclic amines) is 1. The number of aryl methyl sites for hydroxylation is 1. The van der Waals surface area contributed by atoms with E-state index in [-0.39, 0.29) is 11.9 Å². The molecule has 104 valence electrons. The highest BCUT2D eigenvalue weighted by Crippen LogP contribution is 2.31. The molecule has 1 fully saturated rings. The number of hydrogen-bond donors (Lipinski definition) is 1. The maximum atomic E-state index is 12.4. The SMILES string of the molecule is O=C(CCc1cnc[nH]1)N1CCCC1c1cccnc1. The normalized spacial score (nSPS) is 18.4. The summed E-state index contributed by atoms with van der Waals surface area (Å²) in [4.78, 5) is 25.6. The van der Waals surface area contributed by atoms with Crippen LogP contribution >= 0.6 is 0 Å². The Labute approximate surface area is 118 Å². The van der Waals surface area contributed by atoms with Gasteiger partial charge in [-0.1, -0.05) is 6.07 Å². The molecule has 2 aromatic heterocycles. The highest BCUT2D eigenvalue weighted by molar-refractivity contribution is 5.77. The summed E-state index contributed by atoms with van der Waals surface area (Å²) < 4.78 is 0. The van der Waals surface area contributed by atoms with E-state index in [0.717, 1.165) is 37.1 Å². The van der Waals surface area contributed by atoms with Crippen molar-refractivity contribution in [1.82, 2.24) is 19.9 Å². The van der Waals surface area contributed by atoms with Gasteiger partial charge in [0.05, 0.1) is 12.4 Å². The van der Waals surface area contributed by atoms with E-state index in [2.05, 4.69) is 21.0 Å². The molecular weight excluding hydrogens is 252 g/mol. The van der Waals surface area contributed by atoms with Crippen molar-refractivity contribution in [2.24, 2.45) is 0 Å². The number of hydrogen-bond acceptors (Lipinski definition) is 3. The standard InChI is InChI=1S/C15H18N4O/c20-15(6-5-13-10-17-11-18-13)19-8-2-4-14(19)12-3-1-7-16-9-12/h1,3,7,9-11,14H,2,4-6,8H2,(H,17,18). The smallest absolute Gasteiger partial charge is 0.223 e. The molecule has 0 saturated carbocycles. The highest BCUT2D eigenvalue weighted by atomic mass is 16.2. The van der Waals surface area contributed by atoms with Crippen LogP contribution in [0.1, 0.15) is 36.6 Å². The van der Waals surface area contributed by atoms with Crippen molar-refractivity contribution in [3.8, 4) is 0 Å². The number of H-pyrrole nitrogens is 1. The van der Waals surface area contributed by atoms with Crippen LogP contribution in [0.5, 0.6) is 0 Å². The lowest BCUT2D eigenvalue weighted by atomic mass is 10.1. The van der Waals surface area contributed by atoms with Crippen LogP contribution in [0.3, 0.4) is 0 Å². The van der Waals surface area contributed by atoms with Gasteiger partial charge in [0.15, 0.2) is 0 Å². The molecule has 1 atom stereocenters. The third-order valence-corrected chi connectivity index (χ3v) is 3.81. The molecule has 0 bridgehead atoms. The number of carbonyl (C=O) groups excluding carboxylic acids is 1. The zero-order chi connectivity index (χ0) is 13.8. The molecule has 5 heteroatoms. The molecule has 5 nitrogen and oxygen atoms in total. The number of imidazole rings is 1. The molecule has 20 heavy (non-hydrogen) atoms. The van der Waals surface area contributed by atoms with E-state index in [1.54, 1.807) is 18.7 Å². The Kier molecular flexibility index (Phi) is 3.76. The van der Waals surface area contributed by atoms with E-state index >= 15 is 0 Å². The van der Waals surface area contributed by atoms with Crippen LogP contribution in [0.15, 0.2) is 37.1 Å². The van der Waals surface area contributed by atoms with Crippen molar-refractivity contribution in [2.45, 2.75) is 31.7 Å². The number of pyridine rings is 1. The number of aromatic nitrogens is 3. The summed E-state index contributed by atoms with van der Waals surface area (Å²) in [5, 5.41) is 0. The van der Waals surface area contributed by atoms with E-state index < -0.39 is 0 Å². The number of carbonyl (C=O) groups is 1. The molecule has 0 aromatic carbocycles. The summed E-state index contributed by atoms with van der Waals surface area (Å²) in [7, 11) is 0. The van der Waals surface area contributed by atoms with E-state index in [9.17, 15) is 4.79 Å². The molecular formula is C15H18N4O. The summed E-state index contributed by atoms with van der Waals surface area (Å²) in [5.41, 5.74) is 2.15. The van der Waals surface area contributed by atoms with Crippen molar-refractivity contribution in [1.29, 1.82) is 0 Å². The average molecular weight is 270 g/mol. The molecule has 0 aliphatic carbocycles. The maximum absolute atomic E-state index is 12.4. The molecule has 2 aromatic rings. The molecule has 1 amide bonds. The van der Waals surface area contributed by atoms with Crippen LogP contribution in [0.4, 0.5) is 0 Å². The largest absolute Gasteiger partial charge is 0.348 e. The van der Waals surface area contributed by atoms with Crippen LogP contribution in [-0.4, -0.2) is 32.3 Å². The molecule has 3 rings (SSSR count). The van der Waals surface area contributed by atoms with Crippen LogP contribution in [0, 0.1) is 0 Å². The minimum Gasteiger partial charge on any atom is -0.348 e. The van der Waals surface area contributed by atoms with Crippen LogP contribution in [-0.2, 0) is 11.2 Å². The Balaban J connectivity index is 1.64. The summed E-state index contributed by atoms with van der Waals surface area (Å²) in [6.45, 7) is 0.849. The number of aromatic amines is 1. The zero-order valence-corrected chi connectivity index (χ0v) is 11.3. The van der Waals surface area contributed by atoms with E-state index in [0.29, 0.717) is 6.42 Å². The number of nitrogens with zero attached hydrogens (tertiary/aromatic N) is 3. The van der Waals surface area contributed by atoms with Crippen LogP contribution in [0.25, 0.3) is 0 Å². The van der Waals surface area contributed by atoms with Gasteiger partial charge in [0.1, 0.15) is 0 Å². The van der Waals surface area contributed by atoms with Gasteiger partial charge >= 0.3 is 0 Å². The van der Waals surface area contributed by atoms with Gasteiger partial charge in [-0.3, -0.25) is 9.78 Å². The second-order valence-electron chi connectivity index (χ2n) is 5.11. The molecule has 0 radical (unpaired) electrons. The van der Waals surface area contributed by atoms with Crippen molar-refractivity contribution in [3.63, 3.8) is 0 Å². The number of amides is 1. The Morgan fingerprint density at radius 1 is 1.40 bits per heavy atom. The van der Waals surface area contributed by atoms with E-state index in [4.69, 9.17) is 0 Å². The summed E-state index contributed by atoms with van der Waals surface area (Å²) >= 11 is 0. The molecule has 1 N–H and O–H groups in total. The van der Waals surface area contributed by atoms with Crippen molar-refractivity contribution in [3.05, 3.63) is 48.3 Å². The molecule has 3 heterocycles. The molecule has 1 aliphatic heterocycles. The Bertz CT molecular complexity index is 553. The van der Waals surface area contributed by atoms with Gasteiger partial charge in [0.2, 0.25) is 5.91 Å². The molecule has 1 aliphatic rings. The molecule has 0 spiro atoms. The fourth-order valence-electron chi connectivity index (χ4n) is 2.79. The van der Waals surface area contributed by atoms with Gasteiger partial charge in [-0.05, 0) is 30.9 Å². The first-order valence-corrected chi connectivity index (χ1v) is 7.01. The first kappa shape index (κ1) is 12.8. The fourth-order valence-corrected chi connectivity index (χ4v) is 2.79. The monoisotopic (exact) mass is 270 g/mol. The summed E-state index contributed by atoms with van der Waals surface area (Å²) in [6.07, 6.45) is 10.4. The minimum atomic E-state index is 0.193. The lowest BCUT2D eigenvalue weighted by Gasteiger charge is -2.24. The third-order valence-electron chi connectivity index (χ3n) is 3.81. The zero-order valence-electron chi connectivity index (χ0n) is 11.3. The first-order chi connectivity index (χ1) is 9.84. The Morgan fingerprint density at radius 3 is 3.10 bits per heavy atom. The summed E-state index contributed by atoms with van der Waals surface area (Å²) in [5.74, 6) is 0.214. The van der Waals surface area contributed by atoms with Gasteiger partial charge < -0.3 is 9.88 Å². The number of nitrogens with one attached hydrogen (secondary N) is 1. The highest BCUT2D eigenvalue weighted by Gasteiger charge is 2.29. The fraction of sp³-hybridized carbons (Fsp3) is 0.400. The van der Waals surface area contributed by atoms with Gasteiger partial charge in [0, 0.05) is 37.3 Å². The molecule has 1 unspecified atom stereocenters. The van der Waals surface area contributed by atoms with Gasteiger partial charge in [-0.25, -0.2) is 4.98 Å². The lowest BCUT2D eigenvalue weighted by molar-refractivity contribution is -0.132. The van der Waals surface area contributed by atoms with E-state index in [1.807, 2.05) is 17.2 Å². The van der Waals surface area contributed by atoms with Crippen molar-refractivity contribution < 1.29 is 4.79 Å². The molecule has 1 saturated heterocycles. The third kappa shape index (κ3) is 2.71. The second kappa shape index (κ2) is 5.86.